The van der Waals surface area contributed by atoms with E-state index in [1.54, 1.807) is 48.7 Å². The molecule has 0 saturated heterocycles. The third-order valence-corrected chi connectivity index (χ3v) is 9.60. The first-order valence-electron chi connectivity index (χ1n) is 18.3. The average molecular weight is 756 g/mol. The Labute approximate surface area is 321 Å². The van der Waals surface area contributed by atoms with Crippen LogP contribution in [0.15, 0.2) is 71.9 Å². The lowest BCUT2D eigenvalue weighted by Gasteiger charge is -2.28. The van der Waals surface area contributed by atoms with Crippen LogP contribution in [0.25, 0.3) is 0 Å². The fourth-order valence-electron chi connectivity index (χ4n) is 6.60. The summed E-state index contributed by atoms with van der Waals surface area (Å²) in [6, 6.07) is 20.7. The van der Waals surface area contributed by atoms with Gasteiger partial charge in [0.25, 0.3) is 5.91 Å². The molecule has 2 aliphatic rings. The molecular formula is C42H49N3O10. The van der Waals surface area contributed by atoms with Crippen molar-refractivity contribution in [1.29, 1.82) is 0 Å². The number of hydrogen-bond donors (Lipinski definition) is 2. The molecule has 13 nitrogen and oxygen atoms in total. The minimum Gasteiger partial charge on any atom is -0.497 e. The fraction of sp³-hybridized carbons (Fsp3) is 0.381. The van der Waals surface area contributed by atoms with Crippen molar-refractivity contribution in [3.05, 3.63) is 89.0 Å². The van der Waals surface area contributed by atoms with Gasteiger partial charge in [0.1, 0.15) is 11.9 Å². The van der Waals surface area contributed by atoms with Gasteiger partial charge in [0.2, 0.25) is 5.75 Å². The first-order valence-corrected chi connectivity index (χ1v) is 18.3. The molecule has 0 fully saturated rings. The van der Waals surface area contributed by atoms with Crippen LogP contribution in [0.2, 0.25) is 0 Å². The summed E-state index contributed by atoms with van der Waals surface area (Å²) in [5, 5.41) is 10.8. The monoisotopic (exact) mass is 755 g/mol. The SMILES string of the molecule is COc1ccc2c(c1)C(=O)NC(c1ccc(OCCCCCCCOc3cc(C4=NOC(c5cc(OC)c(OC)c(OC)c5)C4)ccc3OC)c(OC)c1)N2. The van der Waals surface area contributed by atoms with Crippen LogP contribution >= 0.6 is 0 Å². The number of benzene rings is 4. The number of carbonyl (C=O) groups excluding carboxylic acids is 1. The van der Waals surface area contributed by atoms with Crippen LogP contribution in [-0.4, -0.2) is 67.5 Å². The number of fused-ring (bicyclic) bond motifs is 1. The maximum absolute atomic E-state index is 12.8. The maximum atomic E-state index is 12.8. The van der Waals surface area contributed by atoms with Crippen molar-refractivity contribution >= 4 is 17.3 Å². The third kappa shape index (κ3) is 9.05. The number of methoxy groups -OCH3 is 6. The van der Waals surface area contributed by atoms with Crippen molar-refractivity contribution in [2.24, 2.45) is 5.16 Å². The topological polar surface area (TPSA) is 137 Å². The fourth-order valence-corrected chi connectivity index (χ4v) is 6.60. The minimum absolute atomic E-state index is 0.174. The van der Waals surface area contributed by atoms with Gasteiger partial charge in [-0.3, -0.25) is 4.79 Å². The van der Waals surface area contributed by atoms with Crippen LogP contribution in [0.4, 0.5) is 5.69 Å². The van der Waals surface area contributed by atoms with E-state index in [4.69, 9.17) is 42.7 Å². The Bertz CT molecular complexity index is 1960. The van der Waals surface area contributed by atoms with Crippen molar-refractivity contribution in [3.63, 3.8) is 0 Å². The second-order valence-electron chi connectivity index (χ2n) is 13.0. The molecule has 292 valence electrons. The van der Waals surface area contributed by atoms with E-state index >= 15 is 0 Å². The standard InChI is InChI=1S/C42H49N3O10/c1-47-29-14-15-31-30(24-29)42(46)44-41(43-31)27-13-17-34(36(21-27)49-3)53-18-10-8-7-9-11-19-54-37-20-26(12-16-33(37)48-2)32-25-35(55-45-32)28-22-38(50-4)40(52-6)39(23-28)51-5/h12-17,20-24,35,41,43H,7-11,18-19,25H2,1-6H3,(H,44,46). The van der Waals surface area contributed by atoms with Gasteiger partial charge >= 0.3 is 0 Å². The van der Waals surface area contributed by atoms with Gasteiger partial charge in [-0.1, -0.05) is 30.5 Å². The molecule has 2 unspecified atom stereocenters. The van der Waals surface area contributed by atoms with Crippen LogP contribution < -0.4 is 48.5 Å². The molecule has 0 spiro atoms. The average Bonchev–Trinajstić information content (AvgIpc) is 3.73. The Morgan fingerprint density at radius 1 is 0.618 bits per heavy atom. The van der Waals surface area contributed by atoms with Crippen LogP contribution in [-0.2, 0) is 4.84 Å². The lowest BCUT2D eigenvalue weighted by atomic mass is 9.99. The molecule has 6 rings (SSSR count). The molecular weight excluding hydrogens is 706 g/mol. The molecule has 1 amide bonds. The highest BCUT2D eigenvalue weighted by Gasteiger charge is 2.28. The summed E-state index contributed by atoms with van der Waals surface area (Å²) in [6.07, 6.45) is 4.76. The number of amides is 1. The van der Waals surface area contributed by atoms with E-state index in [2.05, 4.69) is 15.8 Å². The summed E-state index contributed by atoms with van der Waals surface area (Å²) in [7, 11) is 9.57. The largest absolute Gasteiger partial charge is 0.497 e. The van der Waals surface area contributed by atoms with Gasteiger partial charge in [0, 0.05) is 23.2 Å². The molecule has 2 aliphatic heterocycles. The second kappa shape index (κ2) is 18.4. The molecule has 0 radical (unpaired) electrons. The maximum Gasteiger partial charge on any atom is 0.255 e. The van der Waals surface area contributed by atoms with Crippen molar-refractivity contribution in [2.75, 3.05) is 61.2 Å². The van der Waals surface area contributed by atoms with Gasteiger partial charge in [-0.25, -0.2) is 0 Å². The summed E-state index contributed by atoms with van der Waals surface area (Å²) >= 11 is 0. The van der Waals surface area contributed by atoms with Gasteiger partial charge in [0.15, 0.2) is 40.6 Å². The van der Waals surface area contributed by atoms with Crippen molar-refractivity contribution in [3.8, 4) is 46.0 Å². The normalized spacial score (nSPS) is 15.7. The zero-order valence-corrected chi connectivity index (χ0v) is 32.2. The predicted octanol–water partition coefficient (Wildman–Crippen LogP) is 7.87. The molecule has 2 atom stereocenters. The van der Waals surface area contributed by atoms with Crippen LogP contribution in [0.1, 0.15) is 77.8 Å². The molecule has 4 aromatic carbocycles. The molecule has 2 N–H and O–H groups in total. The predicted molar refractivity (Wildman–Crippen MR) is 208 cm³/mol. The number of nitrogens with one attached hydrogen (secondary N) is 2. The van der Waals surface area contributed by atoms with Crippen molar-refractivity contribution in [2.45, 2.75) is 50.8 Å². The summed E-state index contributed by atoms with van der Waals surface area (Å²) in [5.41, 5.74) is 4.72. The first kappa shape index (κ1) is 38.7. The van der Waals surface area contributed by atoms with Crippen LogP contribution in [0.3, 0.4) is 0 Å². The summed E-state index contributed by atoms with van der Waals surface area (Å²) in [4.78, 5) is 18.6. The first-order chi connectivity index (χ1) is 26.9. The minimum atomic E-state index is -0.406. The van der Waals surface area contributed by atoms with Gasteiger partial charge in [-0.05, 0) is 79.1 Å². The van der Waals surface area contributed by atoms with Gasteiger partial charge in [-0.15, -0.1) is 0 Å². The Morgan fingerprint density at radius 3 is 1.95 bits per heavy atom. The smallest absolute Gasteiger partial charge is 0.255 e. The molecule has 0 aliphatic carbocycles. The Morgan fingerprint density at radius 2 is 1.27 bits per heavy atom. The molecule has 13 heteroatoms. The molecule has 0 bridgehead atoms. The quantitative estimate of drug-likeness (QED) is 0.0906. The van der Waals surface area contributed by atoms with Crippen LogP contribution in [0.5, 0.6) is 46.0 Å². The number of ether oxygens (including phenoxy) is 8. The Hall–Kier alpha value is -5.98. The van der Waals surface area contributed by atoms with Gasteiger partial charge in [-0.2, -0.15) is 0 Å². The number of unbranched alkanes of at least 4 members (excludes halogenated alkanes) is 4. The Kier molecular flexibility index (Phi) is 12.9. The highest BCUT2D eigenvalue weighted by molar-refractivity contribution is 6.02. The van der Waals surface area contributed by atoms with E-state index in [9.17, 15) is 4.79 Å². The van der Waals surface area contributed by atoms with Crippen LogP contribution in [0, 0.1) is 0 Å². The molecule has 55 heavy (non-hydrogen) atoms. The van der Waals surface area contributed by atoms with Gasteiger partial charge < -0.3 is 53.4 Å². The lowest BCUT2D eigenvalue weighted by Crippen LogP contribution is -2.38. The van der Waals surface area contributed by atoms with E-state index < -0.39 is 6.17 Å². The summed E-state index contributed by atoms with van der Waals surface area (Å²) in [5.74, 6) is 4.70. The number of oxime groups is 1. The summed E-state index contributed by atoms with van der Waals surface area (Å²) in [6.45, 7) is 1.13. The molecule has 0 saturated carbocycles. The number of rotatable bonds is 19. The van der Waals surface area contributed by atoms with Crippen molar-refractivity contribution < 1.29 is 47.5 Å². The van der Waals surface area contributed by atoms with E-state index in [0.29, 0.717) is 71.2 Å². The number of hydrogen-bond acceptors (Lipinski definition) is 12. The zero-order valence-electron chi connectivity index (χ0n) is 32.2. The van der Waals surface area contributed by atoms with E-state index in [-0.39, 0.29) is 12.0 Å². The van der Waals surface area contributed by atoms with E-state index in [1.807, 2.05) is 60.7 Å². The van der Waals surface area contributed by atoms with E-state index in [1.165, 1.54) is 0 Å². The third-order valence-electron chi connectivity index (χ3n) is 9.60. The number of carbonyl (C=O) groups is 1. The number of anilines is 1. The van der Waals surface area contributed by atoms with Gasteiger partial charge in [0.05, 0.1) is 67.1 Å². The summed E-state index contributed by atoms with van der Waals surface area (Å²) < 4.78 is 45.2. The molecule has 2 heterocycles. The highest BCUT2D eigenvalue weighted by Crippen LogP contribution is 2.43. The number of nitrogens with zero attached hydrogens (tertiary/aromatic N) is 1. The van der Waals surface area contributed by atoms with Crippen molar-refractivity contribution in [1.82, 2.24) is 5.32 Å². The second-order valence-corrected chi connectivity index (χ2v) is 13.0. The zero-order chi connectivity index (χ0) is 38.7. The molecule has 0 aromatic heterocycles. The highest BCUT2D eigenvalue weighted by atomic mass is 16.6. The Balaban J connectivity index is 0.925. The van der Waals surface area contributed by atoms with E-state index in [0.717, 1.165) is 60.2 Å². The molecule has 4 aromatic rings. The lowest BCUT2D eigenvalue weighted by molar-refractivity contribution is 0.0853.